The topological polar surface area (TPSA) is 78.9 Å². The molecule has 0 aromatic heterocycles. The van der Waals surface area contributed by atoms with Gasteiger partial charge in [0.1, 0.15) is 13.2 Å². The second kappa shape index (κ2) is 52.0. The Morgan fingerprint density at radius 2 is 0.571 bits per heavy atom. The van der Waals surface area contributed by atoms with Gasteiger partial charge in [0.05, 0.1) is 0 Å². The summed E-state index contributed by atoms with van der Waals surface area (Å²) in [4.78, 5) is 38.0. The van der Waals surface area contributed by atoms with E-state index in [4.69, 9.17) is 14.2 Å². The standard InChI is InChI=1S/C57H102O6/c1-4-7-10-13-16-19-22-25-27-28-30-32-35-38-41-44-47-50-56(59)62-53-54(52-61-55(58)49-46-43-40-37-34-31-24-21-18-15-12-9-6-3)63-57(60)51-48-45-42-39-36-33-29-26-23-20-17-14-11-8-5-2/h16-17,19-20,25-27,29,54H,4-15,18,21-24,28,30-53H2,1-3H3/b19-16-,20-17-,27-25-,29-26-/t54-/m1/s1. The molecule has 0 radical (unpaired) electrons. The van der Waals surface area contributed by atoms with Crippen LogP contribution in [0.15, 0.2) is 48.6 Å². The van der Waals surface area contributed by atoms with Crippen molar-refractivity contribution in [3.8, 4) is 0 Å². The average molecular weight is 883 g/mol. The molecule has 0 saturated carbocycles. The van der Waals surface area contributed by atoms with Gasteiger partial charge in [-0.1, -0.05) is 223 Å². The quantitative estimate of drug-likeness (QED) is 0.0262. The predicted molar refractivity (Wildman–Crippen MR) is 270 cm³/mol. The SMILES string of the molecule is CCCCC/C=C\C/C=C\CCCCCCCCCC(=O)OC[C@@H](COC(=O)CCCCCCCCCCCCCCC)OC(=O)CCCCCCC/C=C\C/C=C\CCCCC. The maximum Gasteiger partial charge on any atom is 0.306 e. The number of carbonyl (C=O) groups excluding carboxylic acids is 3. The molecule has 0 aliphatic rings. The molecule has 0 N–H and O–H groups in total. The highest BCUT2D eigenvalue weighted by Crippen LogP contribution is 2.15. The molecule has 0 aromatic rings. The van der Waals surface area contributed by atoms with Gasteiger partial charge in [-0.15, -0.1) is 0 Å². The van der Waals surface area contributed by atoms with Gasteiger partial charge in [0.25, 0.3) is 0 Å². The van der Waals surface area contributed by atoms with Crippen LogP contribution in [0.1, 0.15) is 278 Å². The van der Waals surface area contributed by atoms with Crippen molar-refractivity contribution in [2.45, 2.75) is 284 Å². The van der Waals surface area contributed by atoms with Crippen LogP contribution in [0.2, 0.25) is 0 Å². The van der Waals surface area contributed by atoms with Crippen molar-refractivity contribution in [1.29, 1.82) is 0 Å². The molecular formula is C57H102O6. The molecule has 0 aliphatic heterocycles. The van der Waals surface area contributed by atoms with Crippen molar-refractivity contribution < 1.29 is 28.6 Å². The van der Waals surface area contributed by atoms with Crippen LogP contribution < -0.4 is 0 Å². The Morgan fingerprint density at radius 1 is 0.317 bits per heavy atom. The average Bonchev–Trinajstić information content (AvgIpc) is 3.28. The summed E-state index contributed by atoms with van der Waals surface area (Å²) in [5.74, 6) is -0.891. The molecule has 0 rings (SSSR count). The van der Waals surface area contributed by atoms with E-state index in [0.717, 1.165) is 96.3 Å². The van der Waals surface area contributed by atoms with Gasteiger partial charge in [-0.2, -0.15) is 0 Å². The number of carbonyl (C=O) groups is 3. The number of allylic oxidation sites excluding steroid dienone is 8. The maximum absolute atomic E-state index is 12.8. The van der Waals surface area contributed by atoms with Gasteiger partial charge in [0.15, 0.2) is 6.10 Å². The number of unbranched alkanes of at least 4 members (excludes halogenated alkanes) is 30. The minimum Gasteiger partial charge on any atom is -0.462 e. The summed E-state index contributed by atoms with van der Waals surface area (Å²) in [6.45, 7) is 6.59. The van der Waals surface area contributed by atoms with Gasteiger partial charge in [-0.05, 0) is 83.5 Å². The van der Waals surface area contributed by atoms with E-state index in [0.29, 0.717) is 19.3 Å². The van der Waals surface area contributed by atoms with Crippen molar-refractivity contribution in [3.05, 3.63) is 48.6 Å². The highest BCUT2D eigenvalue weighted by atomic mass is 16.6. The van der Waals surface area contributed by atoms with Crippen LogP contribution >= 0.6 is 0 Å². The van der Waals surface area contributed by atoms with E-state index >= 15 is 0 Å². The Hall–Kier alpha value is -2.63. The van der Waals surface area contributed by atoms with Gasteiger partial charge < -0.3 is 14.2 Å². The normalized spacial score (nSPS) is 12.4. The third-order valence-electron chi connectivity index (χ3n) is 11.8. The van der Waals surface area contributed by atoms with Gasteiger partial charge in [-0.3, -0.25) is 14.4 Å². The molecule has 0 heterocycles. The van der Waals surface area contributed by atoms with Crippen LogP contribution in [0, 0.1) is 0 Å². The number of ether oxygens (including phenoxy) is 3. The smallest absolute Gasteiger partial charge is 0.306 e. The fourth-order valence-electron chi connectivity index (χ4n) is 7.68. The summed E-state index contributed by atoms with van der Waals surface area (Å²) >= 11 is 0. The Bertz CT molecular complexity index is 1110. The van der Waals surface area contributed by atoms with Crippen LogP contribution in [0.4, 0.5) is 0 Å². The molecule has 0 unspecified atom stereocenters. The van der Waals surface area contributed by atoms with E-state index in [1.54, 1.807) is 0 Å². The second-order valence-corrected chi connectivity index (χ2v) is 18.1. The van der Waals surface area contributed by atoms with Crippen molar-refractivity contribution in [3.63, 3.8) is 0 Å². The predicted octanol–water partition coefficient (Wildman–Crippen LogP) is 17.9. The molecule has 0 aliphatic carbocycles. The van der Waals surface area contributed by atoms with E-state index in [1.807, 2.05) is 0 Å². The molecular weight excluding hydrogens is 781 g/mol. The zero-order valence-electron chi connectivity index (χ0n) is 41.8. The lowest BCUT2D eigenvalue weighted by atomic mass is 10.0. The lowest BCUT2D eigenvalue weighted by molar-refractivity contribution is -0.167. The number of hydrogen-bond acceptors (Lipinski definition) is 6. The third kappa shape index (κ3) is 50.2. The second-order valence-electron chi connectivity index (χ2n) is 18.1. The molecule has 0 saturated heterocycles. The minimum atomic E-state index is -0.781. The first-order chi connectivity index (χ1) is 31.0. The van der Waals surface area contributed by atoms with E-state index in [-0.39, 0.29) is 31.1 Å². The lowest BCUT2D eigenvalue weighted by Crippen LogP contribution is -2.30. The van der Waals surface area contributed by atoms with Crippen LogP contribution in [0.3, 0.4) is 0 Å². The van der Waals surface area contributed by atoms with Gasteiger partial charge in [0, 0.05) is 19.3 Å². The fraction of sp³-hybridized carbons (Fsp3) is 0.807. The monoisotopic (exact) mass is 883 g/mol. The molecule has 6 heteroatoms. The molecule has 0 aromatic carbocycles. The molecule has 366 valence electrons. The van der Waals surface area contributed by atoms with Crippen molar-refractivity contribution >= 4 is 17.9 Å². The molecule has 1 atom stereocenters. The first-order valence-corrected chi connectivity index (χ1v) is 27.1. The molecule has 63 heavy (non-hydrogen) atoms. The molecule has 0 bridgehead atoms. The number of hydrogen-bond donors (Lipinski definition) is 0. The highest BCUT2D eigenvalue weighted by molar-refractivity contribution is 5.71. The van der Waals surface area contributed by atoms with E-state index in [2.05, 4.69) is 69.4 Å². The zero-order valence-corrected chi connectivity index (χ0v) is 41.8. The van der Waals surface area contributed by atoms with E-state index in [9.17, 15) is 14.4 Å². The van der Waals surface area contributed by atoms with Crippen LogP contribution in [-0.2, 0) is 28.6 Å². The Labute approximate surface area is 390 Å². The van der Waals surface area contributed by atoms with Crippen molar-refractivity contribution in [2.75, 3.05) is 13.2 Å². The molecule has 6 nitrogen and oxygen atoms in total. The first-order valence-electron chi connectivity index (χ1n) is 27.1. The van der Waals surface area contributed by atoms with Crippen molar-refractivity contribution in [1.82, 2.24) is 0 Å². The summed E-state index contributed by atoms with van der Waals surface area (Å²) in [5, 5.41) is 0. The van der Waals surface area contributed by atoms with Gasteiger partial charge >= 0.3 is 17.9 Å². The van der Waals surface area contributed by atoms with Crippen LogP contribution in [0.25, 0.3) is 0 Å². The molecule has 0 fully saturated rings. The van der Waals surface area contributed by atoms with E-state index < -0.39 is 6.10 Å². The molecule has 0 spiro atoms. The largest absolute Gasteiger partial charge is 0.462 e. The highest BCUT2D eigenvalue weighted by Gasteiger charge is 2.19. The summed E-state index contributed by atoms with van der Waals surface area (Å²) in [5.41, 5.74) is 0. The Kier molecular flexibility index (Phi) is 49.8. The van der Waals surface area contributed by atoms with Gasteiger partial charge in [-0.25, -0.2) is 0 Å². The summed E-state index contributed by atoms with van der Waals surface area (Å²) < 4.78 is 16.8. The summed E-state index contributed by atoms with van der Waals surface area (Å²) in [7, 11) is 0. The van der Waals surface area contributed by atoms with Gasteiger partial charge in [0.2, 0.25) is 0 Å². The van der Waals surface area contributed by atoms with Crippen LogP contribution in [-0.4, -0.2) is 37.2 Å². The number of esters is 3. The third-order valence-corrected chi connectivity index (χ3v) is 11.8. The zero-order chi connectivity index (χ0) is 45.8. The number of rotatable bonds is 49. The first kappa shape index (κ1) is 60.4. The fourth-order valence-corrected chi connectivity index (χ4v) is 7.68. The van der Waals surface area contributed by atoms with E-state index in [1.165, 1.54) is 141 Å². The maximum atomic E-state index is 12.8. The Balaban J connectivity index is 4.39. The van der Waals surface area contributed by atoms with Crippen molar-refractivity contribution in [2.24, 2.45) is 0 Å². The lowest BCUT2D eigenvalue weighted by Gasteiger charge is -2.18. The van der Waals surface area contributed by atoms with Crippen LogP contribution in [0.5, 0.6) is 0 Å². The summed E-state index contributed by atoms with van der Waals surface area (Å²) in [6.07, 6.45) is 62.3. The Morgan fingerprint density at radius 3 is 0.905 bits per heavy atom. The summed E-state index contributed by atoms with van der Waals surface area (Å²) in [6, 6.07) is 0. The minimum absolute atomic E-state index is 0.0789. The molecule has 0 amide bonds.